The minimum atomic E-state index is 0.525. The van der Waals surface area contributed by atoms with Crippen molar-refractivity contribution in [2.24, 2.45) is 5.41 Å². The fourth-order valence-corrected chi connectivity index (χ4v) is 3.15. The monoisotopic (exact) mass is 285 g/mol. The zero-order valence-corrected chi connectivity index (χ0v) is 12.6. The summed E-state index contributed by atoms with van der Waals surface area (Å²) in [5, 5.41) is 5.04. The van der Waals surface area contributed by atoms with Gasteiger partial charge in [0.05, 0.1) is 0 Å². The highest BCUT2D eigenvalue weighted by molar-refractivity contribution is 6.34. The van der Waals surface area contributed by atoms with Crippen molar-refractivity contribution in [1.82, 2.24) is 5.32 Å². The van der Waals surface area contributed by atoms with Crippen LogP contribution >= 0.6 is 23.2 Å². The summed E-state index contributed by atoms with van der Waals surface area (Å²) in [4.78, 5) is 0. The van der Waals surface area contributed by atoms with Gasteiger partial charge in [0, 0.05) is 22.6 Å². The Morgan fingerprint density at radius 3 is 2.22 bits per heavy atom. The fourth-order valence-electron chi connectivity index (χ4n) is 2.58. The smallest absolute Gasteiger partial charge is 0.0424 e. The van der Waals surface area contributed by atoms with Gasteiger partial charge in [0.15, 0.2) is 0 Å². The van der Waals surface area contributed by atoms with Crippen LogP contribution in [0.25, 0.3) is 0 Å². The largest absolute Gasteiger partial charge is 0.310 e. The number of hydrogen-bond acceptors (Lipinski definition) is 1. The van der Waals surface area contributed by atoms with Crippen LogP contribution in [-0.2, 0) is 6.54 Å². The van der Waals surface area contributed by atoms with Gasteiger partial charge in [-0.1, -0.05) is 37.0 Å². The van der Waals surface area contributed by atoms with Crippen LogP contribution < -0.4 is 5.32 Å². The van der Waals surface area contributed by atoms with Gasteiger partial charge in [0.25, 0.3) is 0 Å². The maximum Gasteiger partial charge on any atom is 0.0424 e. The van der Waals surface area contributed by atoms with Crippen LogP contribution in [0, 0.1) is 5.41 Å². The van der Waals surface area contributed by atoms with Crippen LogP contribution in [0.1, 0.15) is 45.1 Å². The Morgan fingerprint density at radius 1 is 1.11 bits per heavy atom. The first-order chi connectivity index (χ1) is 8.44. The molecule has 18 heavy (non-hydrogen) atoms. The van der Waals surface area contributed by atoms with E-state index in [9.17, 15) is 0 Å². The van der Waals surface area contributed by atoms with E-state index < -0.39 is 0 Å². The molecular formula is C15H21Cl2N. The van der Waals surface area contributed by atoms with Crippen molar-refractivity contribution in [3.8, 4) is 0 Å². The number of nitrogens with one attached hydrogen (secondary N) is 1. The molecule has 0 amide bonds. The third-order valence-electron chi connectivity index (χ3n) is 3.86. The summed E-state index contributed by atoms with van der Waals surface area (Å²) in [5.41, 5.74) is 1.69. The molecule has 1 fully saturated rings. The Balaban J connectivity index is 1.85. The highest BCUT2D eigenvalue weighted by atomic mass is 35.5. The molecule has 100 valence electrons. The molecule has 0 aliphatic heterocycles. The second kappa shape index (κ2) is 5.81. The Hall–Kier alpha value is -0.240. The van der Waals surface area contributed by atoms with Crippen molar-refractivity contribution in [3.63, 3.8) is 0 Å². The van der Waals surface area contributed by atoms with Gasteiger partial charge in [-0.3, -0.25) is 0 Å². The molecule has 2 rings (SSSR count). The van der Waals surface area contributed by atoms with Gasteiger partial charge in [0.1, 0.15) is 0 Å². The van der Waals surface area contributed by atoms with Crippen molar-refractivity contribution in [3.05, 3.63) is 33.8 Å². The molecule has 1 N–H and O–H groups in total. The Kier molecular flexibility index (Phi) is 4.58. The third-order valence-corrected chi connectivity index (χ3v) is 4.29. The van der Waals surface area contributed by atoms with E-state index in [1.807, 2.05) is 12.1 Å². The van der Waals surface area contributed by atoms with E-state index in [0.717, 1.165) is 12.1 Å². The van der Waals surface area contributed by atoms with E-state index in [1.165, 1.54) is 25.7 Å². The SMILES string of the molecule is CC1(C)CCC(NCc2cc(Cl)cc(Cl)c2)CC1. The molecule has 0 atom stereocenters. The van der Waals surface area contributed by atoms with Gasteiger partial charge in [-0.05, 0) is 54.9 Å². The molecule has 1 aromatic carbocycles. The predicted octanol–water partition coefficient (Wildman–Crippen LogP) is 5.05. The Morgan fingerprint density at radius 2 is 1.67 bits per heavy atom. The van der Waals surface area contributed by atoms with E-state index in [1.54, 1.807) is 6.07 Å². The minimum absolute atomic E-state index is 0.525. The molecule has 0 saturated heterocycles. The third kappa shape index (κ3) is 4.15. The summed E-state index contributed by atoms with van der Waals surface area (Å²) in [7, 11) is 0. The van der Waals surface area contributed by atoms with Crippen LogP contribution in [0.4, 0.5) is 0 Å². The summed E-state index contributed by atoms with van der Waals surface area (Å²) in [6.07, 6.45) is 5.14. The Labute approximate surface area is 120 Å². The maximum atomic E-state index is 6.00. The van der Waals surface area contributed by atoms with Crippen molar-refractivity contribution < 1.29 is 0 Å². The number of halogens is 2. The van der Waals surface area contributed by atoms with Crippen LogP contribution in [0.5, 0.6) is 0 Å². The van der Waals surface area contributed by atoms with Crippen LogP contribution in [0.3, 0.4) is 0 Å². The molecule has 0 radical (unpaired) electrons. The van der Waals surface area contributed by atoms with Crippen molar-refractivity contribution >= 4 is 23.2 Å². The molecule has 0 spiro atoms. The van der Waals surface area contributed by atoms with Gasteiger partial charge in [0.2, 0.25) is 0 Å². The molecule has 1 aromatic rings. The lowest BCUT2D eigenvalue weighted by Gasteiger charge is -2.34. The lowest BCUT2D eigenvalue weighted by Crippen LogP contribution is -2.35. The first-order valence-corrected chi connectivity index (χ1v) is 7.39. The standard InChI is InChI=1S/C15H21Cl2N/c1-15(2)5-3-14(4-6-15)18-10-11-7-12(16)9-13(17)8-11/h7-9,14,18H,3-6,10H2,1-2H3. The first kappa shape index (κ1) is 14.2. The molecule has 0 bridgehead atoms. The van der Waals surface area contributed by atoms with Crippen LogP contribution in [0.15, 0.2) is 18.2 Å². The van der Waals surface area contributed by atoms with Gasteiger partial charge in [-0.2, -0.15) is 0 Å². The molecule has 1 saturated carbocycles. The Bertz CT molecular complexity index is 385. The van der Waals surface area contributed by atoms with E-state index in [-0.39, 0.29) is 0 Å². The zero-order valence-electron chi connectivity index (χ0n) is 11.1. The van der Waals surface area contributed by atoms with E-state index in [2.05, 4.69) is 19.2 Å². The van der Waals surface area contributed by atoms with Crippen LogP contribution in [-0.4, -0.2) is 6.04 Å². The van der Waals surface area contributed by atoms with E-state index >= 15 is 0 Å². The summed E-state index contributed by atoms with van der Waals surface area (Å²) in [6.45, 7) is 5.57. The molecule has 3 heteroatoms. The number of benzene rings is 1. The van der Waals surface area contributed by atoms with Gasteiger partial charge >= 0.3 is 0 Å². The lowest BCUT2D eigenvalue weighted by atomic mass is 9.75. The predicted molar refractivity (Wildman–Crippen MR) is 79.3 cm³/mol. The number of hydrogen-bond donors (Lipinski definition) is 1. The summed E-state index contributed by atoms with van der Waals surface area (Å²) < 4.78 is 0. The second-order valence-electron chi connectivity index (χ2n) is 6.10. The second-order valence-corrected chi connectivity index (χ2v) is 6.97. The molecule has 1 aliphatic carbocycles. The van der Waals surface area contributed by atoms with Crippen molar-refractivity contribution in [2.45, 2.75) is 52.1 Å². The van der Waals surface area contributed by atoms with Crippen LogP contribution in [0.2, 0.25) is 10.0 Å². The minimum Gasteiger partial charge on any atom is -0.310 e. The molecule has 0 aromatic heterocycles. The van der Waals surface area contributed by atoms with Gasteiger partial charge < -0.3 is 5.32 Å². The van der Waals surface area contributed by atoms with Gasteiger partial charge in [-0.15, -0.1) is 0 Å². The maximum absolute atomic E-state index is 6.00. The van der Waals surface area contributed by atoms with Gasteiger partial charge in [-0.25, -0.2) is 0 Å². The highest BCUT2D eigenvalue weighted by Gasteiger charge is 2.26. The lowest BCUT2D eigenvalue weighted by molar-refractivity contribution is 0.206. The molecule has 0 heterocycles. The average molecular weight is 286 g/mol. The normalized spacial score (nSPS) is 20.0. The number of rotatable bonds is 3. The topological polar surface area (TPSA) is 12.0 Å². The first-order valence-electron chi connectivity index (χ1n) is 6.63. The van der Waals surface area contributed by atoms with Crippen molar-refractivity contribution in [1.29, 1.82) is 0 Å². The molecule has 0 unspecified atom stereocenters. The quantitative estimate of drug-likeness (QED) is 0.819. The van der Waals surface area contributed by atoms with Crippen molar-refractivity contribution in [2.75, 3.05) is 0 Å². The molecular weight excluding hydrogens is 265 g/mol. The van der Waals surface area contributed by atoms with E-state index in [4.69, 9.17) is 23.2 Å². The summed E-state index contributed by atoms with van der Waals surface area (Å²) in [6, 6.07) is 6.37. The molecule has 1 nitrogen and oxygen atoms in total. The molecule has 1 aliphatic rings. The highest BCUT2D eigenvalue weighted by Crippen LogP contribution is 2.35. The fraction of sp³-hybridized carbons (Fsp3) is 0.600. The summed E-state index contributed by atoms with van der Waals surface area (Å²) in [5.74, 6) is 0. The summed E-state index contributed by atoms with van der Waals surface area (Å²) >= 11 is 12.0. The van der Waals surface area contributed by atoms with E-state index in [0.29, 0.717) is 21.5 Å². The average Bonchev–Trinajstić information content (AvgIpc) is 2.26. The zero-order chi connectivity index (χ0) is 13.2.